The summed E-state index contributed by atoms with van der Waals surface area (Å²) in [7, 11) is 0. The van der Waals surface area contributed by atoms with Gasteiger partial charge in [-0.15, -0.1) is 0 Å². The molecule has 0 fully saturated rings. The number of benzene rings is 14. The number of fused-ring (bicyclic) bond motifs is 12. The van der Waals surface area contributed by atoms with E-state index in [1.54, 1.807) is 0 Å². The molecule has 4 heteroatoms. The van der Waals surface area contributed by atoms with E-state index in [1.165, 1.54) is 89.0 Å². The highest BCUT2D eigenvalue weighted by atomic mass is 15.2. The van der Waals surface area contributed by atoms with E-state index in [1.807, 2.05) is 0 Å². The summed E-state index contributed by atoms with van der Waals surface area (Å²) in [5.74, 6) is 0. The van der Waals surface area contributed by atoms with Crippen molar-refractivity contribution in [2.75, 3.05) is 19.6 Å². The van der Waals surface area contributed by atoms with Gasteiger partial charge in [0.25, 0.3) is 0 Å². The van der Waals surface area contributed by atoms with Gasteiger partial charge < -0.3 is 19.6 Å². The molecular formula is C96H78N4. The van der Waals surface area contributed by atoms with Crippen molar-refractivity contribution in [1.82, 2.24) is 0 Å². The summed E-state index contributed by atoms with van der Waals surface area (Å²) < 4.78 is 0. The predicted octanol–water partition coefficient (Wildman–Crippen LogP) is 26.5. The molecule has 0 atom stereocenters. The zero-order valence-corrected chi connectivity index (χ0v) is 58.0. The normalized spacial score (nSPS) is 14.5. The van der Waals surface area contributed by atoms with Gasteiger partial charge in [0.05, 0.1) is 0 Å². The second-order valence-electron chi connectivity index (χ2n) is 29.7. The van der Waals surface area contributed by atoms with Crippen LogP contribution < -0.4 is 19.6 Å². The standard InChI is InChI=1S/C96H78N4/c1-93(2)85-31-19-15-27-77(85)81-55-51-73(59-89(81)93)99(74-52-56-82-78-28-16-20-32-86(78)94(3,4)90(82)60-74)71-47-43-69(44-48-71)97(65-23-11-9-12-24-65)67-39-35-63(36-40-67)64-37-41-68(42-38-64)98(66-25-13-10-14-26-66)70-45-49-72(50-46-70)100(75-53-57-83-79-29-17-21-33-87(79)95(5,6)91(83)61-75)76-54-58-84-80-30-18-22-34-88(80)96(7,8)92(84)62-76/h9-62H,1-8H3. The molecule has 0 unspecified atom stereocenters. The van der Waals surface area contributed by atoms with Crippen molar-refractivity contribution >= 4 is 68.2 Å². The lowest BCUT2D eigenvalue weighted by molar-refractivity contribution is 0.659. The summed E-state index contributed by atoms with van der Waals surface area (Å²) in [6.45, 7) is 19.0. The Kier molecular flexibility index (Phi) is 13.9. The fraction of sp³-hybridized carbons (Fsp3) is 0.125. The SMILES string of the molecule is CC1(C)c2ccccc2-c2ccc(N(c3ccc(N(c4ccccc4)c4ccc(-c5ccc(N(c6ccccc6)c6ccc(N(c7ccc8c(c7)C(C)(C)c7ccccc7-8)c7ccc8c(c7)C(C)(C)c7ccccc7-8)cc6)cc5)cc4)cc3)c3ccc4c(c3)C(C)(C)c3ccccc3-4)cc21. The van der Waals surface area contributed by atoms with Gasteiger partial charge in [0.1, 0.15) is 0 Å². The van der Waals surface area contributed by atoms with Crippen molar-refractivity contribution in [3.63, 3.8) is 0 Å². The summed E-state index contributed by atoms with van der Waals surface area (Å²) >= 11 is 0. The van der Waals surface area contributed by atoms with Crippen molar-refractivity contribution < 1.29 is 0 Å². The van der Waals surface area contributed by atoms with Crippen LogP contribution in [0, 0.1) is 0 Å². The van der Waals surface area contributed by atoms with Gasteiger partial charge in [0.2, 0.25) is 0 Å². The minimum atomic E-state index is -0.148. The molecule has 0 saturated heterocycles. The number of anilines is 12. The van der Waals surface area contributed by atoms with Crippen molar-refractivity contribution in [1.29, 1.82) is 0 Å². The summed E-state index contributed by atoms with van der Waals surface area (Å²) in [5.41, 5.74) is 36.3. The molecule has 0 spiro atoms. The van der Waals surface area contributed by atoms with Crippen LogP contribution in [0.3, 0.4) is 0 Å². The van der Waals surface area contributed by atoms with Crippen LogP contribution in [-0.4, -0.2) is 0 Å². The third-order valence-corrected chi connectivity index (χ3v) is 22.6. The maximum Gasteiger partial charge on any atom is 0.0465 e. The van der Waals surface area contributed by atoms with Crippen LogP contribution in [0.25, 0.3) is 55.6 Å². The zero-order chi connectivity index (χ0) is 67.8. The second kappa shape index (κ2) is 22.9. The van der Waals surface area contributed by atoms with Gasteiger partial charge >= 0.3 is 0 Å². The third kappa shape index (κ3) is 9.55. The first kappa shape index (κ1) is 60.7. The van der Waals surface area contributed by atoms with Crippen LogP contribution in [-0.2, 0) is 21.7 Å². The maximum atomic E-state index is 2.46. The van der Waals surface area contributed by atoms with Crippen LogP contribution in [0.2, 0.25) is 0 Å². The minimum absolute atomic E-state index is 0.148. The van der Waals surface area contributed by atoms with Crippen molar-refractivity contribution in [2.45, 2.75) is 77.0 Å². The van der Waals surface area contributed by atoms with E-state index in [4.69, 9.17) is 0 Å². The van der Waals surface area contributed by atoms with Crippen LogP contribution >= 0.6 is 0 Å². The van der Waals surface area contributed by atoms with Crippen LogP contribution in [0.5, 0.6) is 0 Å². The summed E-state index contributed by atoms with van der Waals surface area (Å²) in [6.07, 6.45) is 0. The molecule has 0 radical (unpaired) electrons. The van der Waals surface area contributed by atoms with Gasteiger partial charge in [0, 0.05) is 89.9 Å². The highest BCUT2D eigenvalue weighted by Crippen LogP contribution is 2.56. The van der Waals surface area contributed by atoms with Crippen LogP contribution in [0.1, 0.15) is 99.9 Å². The van der Waals surface area contributed by atoms with E-state index in [0.29, 0.717) is 0 Å². The number of nitrogens with zero attached hydrogens (tertiary/aromatic N) is 4. The Bertz CT molecular complexity index is 4970. The summed E-state index contributed by atoms with van der Waals surface area (Å²) in [5, 5.41) is 0. The molecule has 0 saturated carbocycles. The molecule has 4 aliphatic rings. The van der Waals surface area contributed by atoms with Crippen LogP contribution in [0.4, 0.5) is 68.2 Å². The van der Waals surface area contributed by atoms with E-state index in [9.17, 15) is 0 Å². The third-order valence-electron chi connectivity index (χ3n) is 22.6. The largest absolute Gasteiger partial charge is 0.311 e. The molecule has 100 heavy (non-hydrogen) atoms. The fourth-order valence-corrected chi connectivity index (χ4v) is 17.4. The Morgan fingerprint density at radius 1 is 0.150 bits per heavy atom. The lowest BCUT2D eigenvalue weighted by Crippen LogP contribution is -2.18. The zero-order valence-electron chi connectivity index (χ0n) is 58.0. The molecule has 14 aromatic rings. The molecule has 0 aliphatic heterocycles. The molecule has 0 heterocycles. The molecule has 0 aromatic heterocycles. The van der Waals surface area contributed by atoms with Gasteiger partial charge in [-0.3, -0.25) is 0 Å². The second-order valence-corrected chi connectivity index (χ2v) is 29.7. The first-order valence-corrected chi connectivity index (χ1v) is 35.3. The monoisotopic (exact) mass is 1290 g/mol. The lowest BCUT2D eigenvalue weighted by atomic mass is 9.82. The first-order chi connectivity index (χ1) is 48.6. The molecule has 0 N–H and O–H groups in total. The van der Waals surface area contributed by atoms with Gasteiger partial charge in [-0.25, -0.2) is 0 Å². The molecule has 482 valence electrons. The molecular weight excluding hydrogens is 1210 g/mol. The Labute approximate surface area is 589 Å². The van der Waals surface area contributed by atoms with E-state index in [-0.39, 0.29) is 21.7 Å². The smallest absolute Gasteiger partial charge is 0.0465 e. The van der Waals surface area contributed by atoms with Gasteiger partial charge in [0.15, 0.2) is 0 Å². The number of hydrogen-bond donors (Lipinski definition) is 0. The Balaban J connectivity index is 0.662. The molecule has 4 aliphatic carbocycles. The van der Waals surface area contributed by atoms with Crippen molar-refractivity contribution in [3.8, 4) is 55.6 Å². The highest BCUT2D eigenvalue weighted by Gasteiger charge is 2.40. The number of para-hydroxylation sites is 2. The molecule has 0 amide bonds. The Hall–Kier alpha value is -11.7. The highest BCUT2D eigenvalue weighted by molar-refractivity contribution is 5.93. The average Bonchev–Trinajstić information content (AvgIpc) is 1.55. The Morgan fingerprint density at radius 3 is 0.560 bits per heavy atom. The topological polar surface area (TPSA) is 13.0 Å². The first-order valence-electron chi connectivity index (χ1n) is 35.3. The van der Waals surface area contributed by atoms with Gasteiger partial charge in [-0.2, -0.15) is 0 Å². The average molecular weight is 1290 g/mol. The molecule has 4 nitrogen and oxygen atoms in total. The van der Waals surface area contributed by atoms with Crippen molar-refractivity contribution in [3.05, 3.63) is 372 Å². The number of rotatable bonds is 13. The van der Waals surface area contributed by atoms with Crippen molar-refractivity contribution in [2.24, 2.45) is 0 Å². The minimum Gasteiger partial charge on any atom is -0.311 e. The van der Waals surface area contributed by atoms with E-state index >= 15 is 0 Å². The van der Waals surface area contributed by atoms with Gasteiger partial charge in [-0.05, 0) is 246 Å². The maximum absolute atomic E-state index is 2.46. The van der Waals surface area contributed by atoms with Gasteiger partial charge in [-0.1, -0.05) is 237 Å². The van der Waals surface area contributed by atoms with E-state index < -0.39 is 0 Å². The lowest BCUT2D eigenvalue weighted by Gasteiger charge is -2.31. The summed E-state index contributed by atoms with van der Waals surface area (Å²) in [6, 6.07) is 122. The summed E-state index contributed by atoms with van der Waals surface area (Å²) in [4.78, 5) is 9.66. The quantitative estimate of drug-likeness (QED) is 0.114. The predicted molar refractivity (Wildman–Crippen MR) is 421 cm³/mol. The molecule has 0 bridgehead atoms. The molecule has 14 aromatic carbocycles. The fourth-order valence-electron chi connectivity index (χ4n) is 17.4. The molecule has 18 rings (SSSR count). The van der Waals surface area contributed by atoms with E-state index in [0.717, 1.165) is 79.4 Å². The van der Waals surface area contributed by atoms with Crippen LogP contribution in [0.15, 0.2) is 328 Å². The Morgan fingerprint density at radius 2 is 0.320 bits per heavy atom. The number of hydrogen-bond acceptors (Lipinski definition) is 4. The van der Waals surface area contributed by atoms with E-state index in [2.05, 4.69) is 403 Å².